The summed E-state index contributed by atoms with van der Waals surface area (Å²) in [4.78, 5) is 14.0. The van der Waals surface area contributed by atoms with Gasteiger partial charge in [0.15, 0.2) is 0 Å². The van der Waals surface area contributed by atoms with Crippen LogP contribution in [0.4, 0.5) is 0 Å². The smallest absolute Gasteiger partial charge is 0.222 e. The largest absolute Gasteiger partial charge is 0.343 e. The van der Waals surface area contributed by atoms with E-state index in [0.29, 0.717) is 11.8 Å². The number of hydrogen-bond donors (Lipinski definition) is 1. The van der Waals surface area contributed by atoms with Crippen molar-refractivity contribution in [2.24, 2.45) is 5.92 Å². The van der Waals surface area contributed by atoms with Crippen LogP contribution < -0.4 is 5.32 Å². The summed E-state index contributed by atoms with van der Waals surface area (Å²) in [6, 6.07) is 0. The Kier molecular flexibility index (Phi) is 5.69. The van der Waals surface area contributed by atoms with Gasteiger partial charge in [-0.15, -0.1) is 0 Å². The Bertz CT molecular complexity index is 182. The molecule has 1 aliphatic heterocycles. The van der Waals surface area contributed by atoms with Crippen molar-refractivity contribution in [3.8, 4) is 0 Å². The Morgan fingerprint density at radius 2 is 2.00 bits per heavy atom. The molecule has 1 rings (SSSR count). The Balaban J connectivity index is 2.33. The van der Waals surface area contributed by atoms with Crippen LogP contribution in [-0.2, 0) is 4.79 Å². The van der Waals surface area contributed by atoms with Gasteiger partial charge in [0.1, 0.15) is 0 Å². The molecule has 3 nitrogen and oxygen atoms in total. The fourth-order valence-electron chi connectivity index (χ4n) is 2.17. The second kappa shape index (κ2) is 6.83. The molecule has 1 aliphatic rings. The van der Waals surface area contributed by atoms with Gasteiger partial charge in [-0.05, 0) is 38.3 Å². The number of hydrogen-bond acceptors (Lipinski definition) is 2. The number of rotatable bonds is 6. The van der Waals surface area contributed by atoms with E-state index in [4.69, 9.17) is 0 Å². The maximum absolute atomic E-state index is 12.0. The maximum atomic E-state index is 12.0. The summed E-state index contributed by atoms with van der Waals surface area (Å²) in [7, 11) is 0. The highest BCUT2D eigenvalue weighted by molar-refractivity contribution is 5.76. The summed E-state index contributed by atoms with van der Waals surface area (Å²) >= 11 is 0. The molecule has 0 bridgehead atoms. The minimum Gasteiger partial charge on any atom is -0.343 e. The van der Waals surface area contributed by atoms with Crippen molar-refractivity contribution in [3.63, 3.8) is 0 Å². The molecule has 15 heavy (non-hydrogen) atoms. The monoisotopic (exact) mass is 212 g/mol. The molecule has 1 heterocycles. The number of carbonyl (C=O) groups excluding carboxylic acids is 1. The van der Waals surface area contributed by atoms with Gasteiger partial charge in [0.2, 0.25) is 5.91 Å². The molecule has 0 aromatic heterocycles. The third-order valence-corrected chi connectivity index (χ3v) is 2.97. The van der Waals surface area contributed by atoms with Crippen molar-refractivity contribution < 1.29 is 4.79 Å². The second-order valence-corrected chi connectivity index (χ2v) is 4.44. The minimum atomic E-state index is 0.354. The first-order chi connectivity index (χ1) is 7.27. The van der Waals surface area contributed by atoms with E-state index in [1.54, 1.807) is 0 Å². The summed E-state index contributed by atoms with van der Waals surface area (Å²) in [5.41, 5.74) is 0. The highest BCUT2D eigenvalue weighted by Crippen LogP contribution is 2.14. The fourth-order valence-corrected chi connectivity index (χ4v) is 2.17. The van der Waals surface area contributed by atoms with Crippen LogP contribution in [0.25, 0.3) is 0 Å². The van der Waals surface area contributed by atoms with Gasteiger partial charge in [-0.25, -0.2) is 0 Å². The lowest BCUT2D eigenvalue weighted by atomic mass is 10.0. The predicted octanol–water partition coefficient (Wildman–Crippen LogP) is 1.63. The lowest BCUT2D eigenvalue weighted by Crippen LogP contribution is -2.34. The van der Waals surface area contributed by atoms with Gasteiger partial charge in [0, 0.05) is 19.5 Å². The molecule has 0 spiro atoms. The van der Waals surface area contributed by atoms with Crippen molar-refractivity contribution in [2.75, 3.05) is 26.2 Å². The Morgan fingerprint density at radius 3 is 2.47 bits per heavy atom. The Labute approximate surface area is 93.2 Å². The SMILES string of the molecule is CCCN(CCC)C(=O)CC1CCNC1. The van der Waals surface area contributed by atoms with Crippen LogP contribution in [-0.4, -0.2) is 37.0 Å². The molecule has 3 heteroatoms. The molecule has 1 atom stereocenters. The first-order valence-corrected chi connectivity index (χ1v) is 6.26. The Morgan fingerprint density at radius 1 is 1.33 bits per heavy atom. The first kappa shape index (κ1) is 12.5. The van der Waals surface area contributed by atoms with Crippen LogP contribution in [0.2, 0.25) is 0 Å². The van der Waals surface area contributed by atoms with E-state index in [0.717, 1.165) is 51.9 Å². The standard InChI is InChI=1S/C12H24N2O/c1-3-7-14(8-4-2)12(15)9-11-5-6-13-10-11/h11,13H,3-10H2,1-2H3. The van der Waals surface area contributed by atoms with Crippen LogP contribution in [0.15, 0.2) is 0 Å². The van der Waals surface area contributed by atoms with Gasteiger partial charge in [-0.1, -0.05) is 13.8 Å². The summed E-state index contributed by atoms with van der Waals surface area (Å²) < 4.78 is 0. The second-order valence-electron chi connectivity index (χ2n) is 4.44. The molecule has 0 aromatic carbocycles. The van der Waals surface area contributed by atoms with E-state index in [-0.39, 0.29) is 0 Å². The number of carbonyl (C=O) groups is 1. The summed E-state index contributed by atoms with van der Waals surface area (Å²) in [6.07, 6.45) is 4.04. The highest BCUT2D eigenvalue weighted by atomic mass is 16.2. The van der Waals surface area contributed by atoms with Gasteiger partial charge in [-0.3, -0.25) is 4.79 Å². The Hall–Kier alpha value is -0.570. The highest BCUT2D eigenvalue weighted by Gasteiger charge is 2.20. The molecule has 1 fully saturated rings. The molecule has 0 saturated carbocycles. The van der Waals surface area contributed by atoms with Gasteiger partial charge < -0.3 is 10.2 Å². The van der Waals surface area contributed by atoms with Crippen molar-refractivity contribution in [3.05, 3.63) is 0 Å². The predicted molar refractivity (Wildman–Crippen MR) is 62.8 cm³/mol. The van der Waals surface area contributed by atoms with Crippen molar-refractivity contribution in [2.45, 2.75) is 39.5 Å². The molecule has 1 unspecified atom stereocenters. The topological polar surface area (TPSA) is 32.3 Å². The normalized spacial score (nSPS) is 20.5. The van der Waals surface area contributed by atoms with Crippen molar-refractivity contribution in [1.82, 2.24) is 10.2 Å². The summed E-state index contributed by atoms with van der Waals surface area (Å²) in [5.74, 6) is 0.932. The third kappa shape index (κ3) is 4.20. The lowest BCUT2D eigenvalue weighted by Gasteiger charge is -2.22. The van der Waals surface area contributed by atoms with E-state index >= 15 is 0 Å². The van der Waals surface area contributed by atoms with Crippen LogP contribution in [0.5, 0.6) is 0 Å². The van der Waals surface area contributed by atoms with Crippen LogP contribution >= 0.6 is 0 Å². The van der Waals surface area contributed by atoms with Crippen LogP contribution in [0.1, 0.15) is 39.5 Å². The van der Waals surface area contributed by atoms with Crippen molar-refractivity contribution >= 4 is 5.91 Å². The molecule has 0 aromatic rings. The van der Waals surface area contributed by atoms with Gasteiger partial charge in [0.25, 0.3) is 0 Å². The van der Waals surface area contributed by atoms with E-state index in [2.05, 4.69) is 19.2 Å². The van der Waals surface area contributed by atoms with Crippen molar-refractivity contribution in [1.29, 1.82) is 0 Å². The first-order valence-electron chi connectivity index (χ1n) is 6.26. The van der Waals surface area contributed by atoms with E-state index in [9.17, 15) is 4.79 Å². The quantitative estimate of drug-likeness (QED) is 0.726. The number of amides is 1. The molecular weight excluding hydrogens is 188 g/mol. The molecule has 1 N–H and O–H groups in total. The average Bonchev–Trinajstić information content (AvgIpc) is 2.70. The summed E-state index contributed by atoms with van der Waals surface area (Å²) in [6.45, 7) is 8.22. The molecule has 1 amide bonds. The van der Waals surface area contributed by atoms with Gasteiger partial charge >= 0.3 is 0 Å². The minimum absolute atomic E-state index is 0.354. The third-order valence-electron chi connectivity index (χ3n) is 2.97. The van der Waals surface area contributed by atoms with Gasteiger partial charge in [-0.2, -0.15) is 0 Å². The van der Waals surface area contributed by atoms with Crippen LogP contribution in [0.3, 0.4) is 0 Å². The maximum Gasteiger partial charge on any atom is 0.222 e. The zero-order chi connectivity index (χ0) is 11.1. The zero-order valence-corrected chi connectivity index (χ0v) is 10.1. The molecular formula is C12H24N2O. The number of nitrogens with zero attached hydrogens (tertiary/aromatic N) is 1. The van der Waals surface area contributed by atoms with Gasteiger partial charge in [0.05, 0.1) is 0 Å². The molecule has 0 radical (unpaired) electrons. The lowest BCUT2D eigenvalue weighted by molar-refractivity contribution is -0.132. The van der Waals surface area contributed by atoms with E-state index < -0.39 is 0 Å². The molecule has 88 valence electrons. The number of nitrogens with one attached hydrogen (secondary N) is 1. The average molecular weight is 212 g/mol. The van der Waals surface area contributed by atoms with E-state index in [1.807, 2.05) is 4.90 Å². The van der Waals surface area contributed by atoms with Crippen LogP contribution in [0, 0.1) is 5.92 Å². The summed E-state index contributed by atoms with van der Waals surface area (Å²) in [5, 5.41) is 3.31. The van der Waals surface area contributed by atoms with E-state index in [1.165, 1.54) is 0 Å². The zero-order valence-electron chi connectivity index (χ0n) is 10.1. The fraction of sp³-hybridized carbons (Fsp3) is 0.917. The molecule has 1 saturated heterocycles. The molecule has 0 aliphatic carbocycles.